The largest absolute Gasteiger partial charge is 0.204 e. The molecule has 0 fully saturated rings. The average Bonchev–Trinajstić information content (AvgIpc) is 2.08. The van der Waals surface area contributed by atoms with Crippen LogP contribution < -0.4 is 0 Å². The van der Waals surface area contributed by atoms with E-state index >= 15 is 0 Å². The molecule has 0 aliphatic rings. The van der Waals surface area contributed by atoms with Crippen molar-refractivity contribution in [1.82, 2.24) is 0 Å². The fourth-order valence-electron chi connectivity index (χ4n) is 0.804. The second-order valence-corrected chi connectivity index (χ2v) is 2.88. The molecular weight excluding hydrogens is 226 g/mol. The van der Waals surface area contributed by atoms with Gasteiger partial charge in [0.05, 0.1) is 0 Å². The van der Waals surface area contributed by atoms with Crippen LogP contribution in [-0.4, -0.2) is 0 Å². The van der Waals surface area contributed by atoms with Crippen molar-refractivity contribution in [2.24, 2.45) is 0 Å². The Bertz CT molecular complexity index is 318. The zero-order valence-corrected chi connectivity index (χ0v) is 8.03. The topological polar surface area (TPSA) is 0 Å². The predicted octanol–water partition coefficient (Wildman–Crippen LogP) is 3.72. The first-order chi connectivity index (χ1) is 5.65. The molecule has 0 spiro atoms. The summed E-state index contributed by atoms with van der Waals surface area (Å²) in [5.41, 5.74) is 1.53. The quantitative estimate of drug-likeness (QED) is 0.693. The molecule has 0 amide bonds. The molecule has 0 N–H and O–H groups in total. The molecule has 0 radical (unpaired) electrons. The molecule has 0 unspecified atom stereocenters. The molecule has 0 aliphatic heterocycles. The zero-order valence-electron chi connectivity index (χ0n) is 6.44. The fraction of sp³-hybridized carbons (Fsp3) is 0.111. The van der Waals surface area contributed by atoms with E-state index in [1.165, 1.54) is 12.1 Å². The van der Waals surface area contributed by atoms with Crippen LogP contribution in [0.1, 0.15) is 12.5 Å². The number of hydrogen-bond donors (Lipinski definition) is 0. The number of rotatable bonds is 1. The Morgan fingerprint density at radius 2 is 2.00 bits per heavy atom. The summed E-state index contributed by atoms with van der Waals surface area (Å²) in [6, 6.07) is 3.82. The van der Waals surface area contributed by atoms with Crippen LogP contribution in [0.5, 0.6) is 0 Å². The van der Waals surface area contributed by atoms with Crippen molar-refractivity contribution in [3.05, 3.63) is 40.4 Å². The molecule has 0 saturated carbocycles. The lowest BCUT2D eigenvalue weighted by Crippen LogP contribution is -1.86. The average molecular weight is 233 g/mol. The van der Waals surface area contributed by atoms with E-state index in [1.807, 2.05) is 0 Å². The van der Waals surface area contributed by atoms with Gasteiger partial charge in [-0.1, -0.05) is 22.0 Å². The maximum Gasteiger partial charge on any atom is 0.159 e. The van der Waals surface area contributed by atoms with Crippen LogP contribution in [0.15, 0.2) is 23.2 Å². The molecule has 0 atom stereocenters. The highest BCUT2D eigenvalue weighted by Gasteiger charge is 2.02. The standard InChI is InChI=1S/C9H7BrF2/c1-6(5-10)7-2-3-8(11)9(12)4-7/h2-5H,1H3/b6-5+. The minimum absolute atomic E-state index is 0.672. The normalized spacial score (nSPS) is 11.8. The second kappa shape index (κ2) is 3.81. The molecule has 1 rings (SSSR count). The molecule has 1 aromatic carbocycles. The maximum absolute atomic E-state index is 12.7. The van der Waals surface area contributed by atoms with Crippen molar-refractivity contribution in [3.63, 3.8) is 0 Å². The van der Waals surface area contributed by atoms with Crippen LogP contribution in [0, 0.1) is 11.6 Å². The minimum Gasteiger partial charge on any atom is -0.204 e. The molecule has 64 valence electrons. The summed E-state index contributed by atoms with van der Waals surface area (Å²) >= 11 is 3.12. The summed E-state index contributed by atoms with van der Waals surface area (Å²) in [5.74, 6) is -1.64. The molecule has 0 bridgehead atoms. The van der Waals surface area contributed by atoms with Gasteiger partial charge in [0.25, 0.3) is 0 Å². The van der Waals surface area contributed by atoms with E-state index in [0.717, 1.165) is 11.6 Å². The van der Waals surface area contributed by atoms with E-state index in [2.05, 4.69) is 15.9 Å². The lowest BCUT2D eigenvalue weighted by Gasteiger charge is -1.99. The van der Waals surface area contributed by atoms with Gasteiger partial charge in [-0.05, 0) is 35.2 Å². The van der Waals surface area contributed by atoms with Crippen molar-refractivity contribution < 1.29 is 8.78 Å². The van der Waals surface area contributed by atoms with Crippen LogP contribution in [0.3, 0.4) is 0 Å². The molecule has 0 nitrogen and oxygen atoms in total. The van der Waals surface area contributed by atoms with Gasteiger partial charge < -0.3 is 0 Å². The van der Waals surface area contributed by atoms with Crippen LogP contribution >= 0.6 is 15.9 Å². The van der Waals surface area contributed by atoms with Crippen LogP contribution in [-0.2, 0) is 0 Å². The summed E-state index contributed by atoms with van der Waals surface area (Å²) in [6.07, 6.45) is 0. The van der Waals surface area contributed by atoms with Crippen molar-refractivity contribution >= 4 is 21.5 Å². The van der Waals surface area contributed by atoms with Gasteiger partial charge in [-0.2, -0.15) is 0 Å². The lowest BCUT2D eigenvalue weighted by atomic mass is 10.1. The van der Waals surface area contributed by atoms with Crippen molar-refractivity contribution in [2.45, 2.75) is 6.92 Å². The Hall–Kier alpha value is -0.700. The van der Waals surface area contributed by atoms with E-state index in [0.29, 0.717) is 5.56 Å². The first-order valence-electron chi connectivity index (χ1n) is 3.37. The summed E-state index contributed by atoms with van der Waals surface area (Å²) in [4.78, 5) is 1.67. The second-order valence-electron chi connectivity index (χ2n) is 2.42. The van der Waals surface area contributed by atoms with Gasteiger partial charge in [0.15, 0.2) is 11.6 Å². The first-order valence-corrected chi connectivity index (χ1v) is 4.29. The molecule has 0 saturated heterocycles. The van der Waals surface area contributed by atoms with Gasteiger partial charge in [0.2, 0.25) is 0 Å². The summed E-state index contributed by atoms with van der Waals surface area (Å²) in [6.45, 7) is 1.81. The molecule has 3 heteroatoms. The summed E-state index contributed by atoms with van der Waals surface area (Å²) in [5, 5.41) is 0. The lowest BCUT2D eigenvalue weighted by molar-refractivity contribution is 0.508. The molecular formula is C9H7BrF2. The number of benzene rings is 1. The number of hydrogen-bond acceptors (Lipinski definition) is 0. The third-order valence-electron chi connectivity index (χ3n) is 1.54. The molecule has 12 heavy (non-hydrogen) atoms. The van der Waals surface area contributed by atoms with Crippen LogP contribution in [0.25, 0.3) is 5.57 Å². The Labute approximate surface area is 78.0 Å². The highest BCUT2D eigenvalue weighted by molar-refractivity contribution is 9.11. The predicted molar refractivity (Wildman–Crippen MR) is 48.9 cm³/mol. The molecule has 0 aromatic heterocycles. The van der Waals surface area contributed by atoms with E-state index in [-0.39, 0.29) is 0 Å². The highest BCUT2D eigenvalue weighted by Crippen LogP contribution is 2.17. The Morgan fingerprint density at radius 1 is 1.33 bits per heavy atom. The van der Waals surface area contributed by atoms with E-state index in [9.17, 15) is 8.78 Å². The monoisotopic (exact) mass is 232 g/mol. The third-order valence-corrected chi connectivity index (χ3v) is 2.23. The fourth-order valence-corrected chi connectivity index (χ4v) is 1.07. The van der Waals surface area contributed by atoms with Crippen LogP contribution in [0.4, 0.5) is 8.78 Å². The third kappa shape index (κ3) is 1.91. The SMILES string of the molecule is C/C(=C\Br)c1ccc(F)c(F)c1. The van der Waals surface area contributed by atoms with Crippen molar-refractivity contribution in [3.8, 4) is 0 Å². The summed E-state index contributed by atoms with van der Waals surface area (Å²) in [7, 11) is 0. The number of allylic oxidation sites excluding steroid dienone is 1. The van der Waals surface area contributed by atoms with Gasteiger partial charge in [0.1, 0.15) is 0 Å². The van der Waals surface area contributed by atoms with Crippen molar-refractivity contribution in [2.75, 3.05) is 0 Å². The van der Waals surface area contributed by atoms with Crippen LogP contribution in [0.2, 0.25) is 0 Å². The molecule has 0 aliphatic carbocycles. The van der Waals surface area contributed by atoms with E-state index < -0.39 is 11.6 Å². The Kier molecular flexibility index (Phi) is 2.98. The Morgan fingerprint density at radius 3 is 2.50 bits per heavy atom. The summed E-state index contributed by atoms with van der Waals surface area (Å²) < 4.78 is 25.1. The van der Waals surface area contributed by atoms with Gasteiger partial charge in [-0.3, -0.25) is 0 Å². The van der Waals surface area contributed by atoms with Gasteiger partial charge >= 0.3 is 0 Å². The first kappa shape index (κ1) is 9.39. The highest BCUT2D eigenvalue weighted by atomic mass is 79.9. The maximum atomic E-state index is 12.7. The van der Waals surface area contributed by atoms with E-state index in [4.69, 9.17) is 0 Å². The molecule has 0 heterocycles. The van der Waals surface area contributed by atoms with E-state index in [1.54, 1.807) is 11.9 Å². The van der Waals surface area contributed by atoms with Gasteiger partial charge in [0, 0.05) is 0 Å². The molecule has 1 aromatic rings. The van der Waals surface area contributed by atoms with Gasteiger partial charge in [-0.15, -0.1) is 0 Å². The van der Waals surface area contributed by atoms with Crippen molar-refractivity contribution in [1.29, 1.82) is 0 Å². The minimum atomic E-state index is -0.818. The zero-order chi connectivity index (χ0) is 9.14. The smallest absolute Gasteiger partial charge is 0.159 e. The number of halogens is 3. The Balaban J connectivity index is 3.13. The van der Waals surface area contributed by atoms with Gasteiger partial charge in [-0.25, -0.2) is 8.78 Å².